The molecule has 21 heavy (non-hydrogen) atoms. The Hall–Kier alpha value is -1.77. The number of rotatable bonds is 2. The van der Waals surface area contributed by atoms with E-state index in [1.807, 2.05) is 18.5 Å². The summed E-state index contributed by atoms with van der Waals surface area (Å²) in [4.78, 5) is 6.65. The van der Waals surface area contributed by atoms with E-state index in [9.17, 15) is 0 Å². The highest BCUT2D eigenvalue weighted by molar-refractivity contribution is 6.00. The fourth-order valence-corrected chi connectivity index (χ4v) is 3.47. The molecule has 1 fully saturated rings. The van der Waals surface area contributed by atoms with Crippen molar-refractivity contribution in [1.82, 2.24) is 4.98 Å². The molecule has 3 rings (SSSR count). The third-order valence-electron chi connectivity index (χ3n) is 5.07. The van der Waals surface area contributed by atoms with Gasteiger partial charge in [0.25, 0.3) is 0 Å². The number of anilines is 2. The van der Waals surface area contributed by atoms with Gasteiger partial charge in [0.2, 0.25) is 0 Å². The second-order valence-corrected chi connectivity index (χ2v) is 7.10. The minimum Gasteiger partial charge on any atom is -0.398 e. The molecule has 0 atom stereocenters. The van der Waals surface area contributed by atoms with Crippen LogP contribution >= 0.6 is 0 Å². The van der Waals surface area contributed by atoms with E-state index < -0.39 is 0 Å². The molecule has 0 saturated heterocycles. The normalized spacial score (nSPS) is 18.8. The van der Waals surface area contributed by atoms with E-state index in [1.165, 1.54) is 36.8 Å². The van der Waals surface area contributed by atoms with Crippen LogP contribution < -0.4 is 10.6 Å². The molecule has 0 amide bonds. The zero-order valence-corrected chi connectivity index (χ0v) is 13.3. The first-order chi connectivity index (χ1) is 9.98. The van der Waals surface area contributed by atoms with Crippen LogP contribution in [0.5, 0.6) is 0 Å². The molecule has 1 aromatic heterocycles. The fourth-order valence-electron chi connectivity index (χ4n) is 3.47. The second kappa shape index (κ2) is 5.21. The Morgan fingerprint density at radius 1 is 1.14 bits per heavy atom. The van der Waals surface area contributed by atoms with Crippen molar-refractivity contribution in [3.05, 3.63) is 30.6 Å². The second-order valence-electron chi connectivity index (χ2n) is 7.10. The van der Waals surface area contributed by atoms with Crippen LogP contribution in [0.15, 0.2) is 30.6 Å². The van der Waals surface area contributed by atoms with Crippen LogP contribution in [0.3, 0.4) is 0 Å². The smallest absolute Gasteiger partial charge is 0.0448 e. The summed E-state index contributed by atoms with van der Waals surface area (Å²) in [7, 11) is 2.22. The lowest BCUT2D eigenvalue weighted by Crippen LogP contribution is -2.37. The first-order valence-corrected chi connectivity index (χ1v) is 7.83. The van der Waals surface area contributed by atoms with Gasteiger partial charge in [-0.1, -0.05) is 13.8 Å². The van der Waals surface area contributed by atoms with E-state index in [0.717, 1.165) is 11.1 Å². The molecule has 1 heterocycles. The Kier molecular flexibility index (Phi) is 3.52. The van der Waals surface area contributed by atoms with Gasteiger partial charge < -0.3 is 10.6 Å². The highest BCUT2D eigenvalue weighted by Crippen LogP contribution is 2.39. The Morgan fingerprint density at radius 2 is 1.86 bits per heavy atom. The monoisotopic (exact) mass is 283 g/mol. The van der Waals surface area contributed by atoms with Crippen LogP contribution in [0.2, 0.25) is 0 Å². The summed E-state index contributed by atoms with van der Waals surface area (Å²) < 4.78 is 0. The summed E-state index contributed by atoms with van der Waals surface area (Å²) in [6.07, 6.45) is 8.85. The molecule has 1 aliphatic rings. The van der Waals surface area contributed by atoms with Crippen LogP contribution in [0.1, 0.15) is 39.5 Å². The Bertz CT molecular complexity index is 638. The van der Waals surface area contributed by atoms with Gasteiger partial charge in [-0.2, -0.15) is 0 Å². The maximum absolute atomic E-state index is 6.08. The Morgan fingerprint density at radius 3 is 2.57 bits per heavy atom. The molecule has 0 spiro atoms. The van der Waals surface area contributed by atoms with Crippen LogP contribution in [0.4, 0.5) is 11.4 Å². The topological polar surface area (TPSA) is 42.1 Å². The molecule has 3 nitrogen and oxygen atoms in total. The molecule has 2 N–H and O–H groups in total. The van der Waals surface area contributed by atoms with Crippen molar-refractivity contribution in [2.45, 2.75) is 45.6 Å². The maximum Gasteiger partial charge on any atom is 0.0448 e. The van der Waals surface area contributed by atoms with Gasteiger partial charge in [0.1, 0.15) is 0 Å². The van der Waals surface area contributed by atoms with Gasteiger partial charge in [-0.3, -0.25) is 4.98 Å². The summed E-state index contributed by atoms with van der Waals surface area (Å²) in [6.45, 7) is 4.76. The van der Waals surface area contributed by atoms with E-state index in [0.29, 0.717) is 11.5 Å². The standard InChI is InChI=1S/C18H25N3/c1-18(2)9-6-13(7-10-18)21(3)17-5-4-16(19)15-12-20-11-8-14(15)17/h4-5,8,11-13H,6-7,9-10,19H2,1-3H3. The number of fused-ring (bicyclic) bond motifs is 1. The van der Waals surface area contributed by atoms with E-state index in [-0.39, 0.29) is 0 Å². The van der Waals surface area contributed by atoms with Crippen molar-refractivity contribution >= 4 is 22.1 Å². The number of pyridine rings is 1. The first kappa shape index (κ1) is 14.2. The summed E-state index contributed by atoms with van der Waals surface area (Å²) in [5.41, 5.74) is 8.66. The average molecular weight is 283 g/mol. The van der Waals surface area contributed by atoms with E-state index in [1.54, 1.807) is 0 Å². The van der Waals surface area contributed by atoms with Crippen molar-refractivity contribution in [3.8, 4) is 0 Å². The molecule has 3 heteroatoms. The Labute approximate surface area is 127 Å². The molecule has 0 bridgehead atoms. The molecule has 0 aliphatic heterocycles. The van der Waals surface area contributed by atoms with Gasteiger partial charge in [0.15, 0.2) is 0 Å². The zero-order chi connectivity index (χ0) is 15.0. The lowest BCUT2D eigenvalue weighted by molar-refractivity contribution is 0.223. The van der Waals surface area contributed by atoms with Crippen LogP contribution in [-0.4, -0.2) is 18.1 Å². The van der Waals surface area contributed by atoms with Crippen molar-refractivity contribution in [1.29, 1.82) is 0 Å². The molecule has 0 unspecified atom stereocenters. The SMILES string of the molecule is CN(c1ccc(N)c2cnccc12)C1CCC(C)(C)CC1. The summed E-state index contributed by atoms with van der Waals surface area (Å²) >= 11 is 0. The van der Waals surface area contributed by atoms with E-state index in [2.05, 4.69) is 42.9 Å². The number of hydrogen-bond donors (Lipinski definition) is 1. The van der Waals surface area contributed by atoms with Gasteiger partial charge >= 0.3 is 0 Å². The predicted molar refractivity (Wildman–Crippen MR) is 90.6 cm³/mol. The molecular weight excluding hydrogens is 258 g/mol. The number of benzene rings is 1. The van der Waals surface area contributed by atoms with E-state index >= 15 is 0 Å². The highest BCUT2D eigenvalue weighted by Gasteiger charge is 2.29. The maximum atomic E-state index is 6.08. The molecule has 1 aromatic carbocycles. The minimum atomic E-state index is 0.504. The lowest BCUT2D eigenvalue weighted by Gasteiger charge is -2.40. The zero-order valence-electron chi connectivity index (χ0n) is 13.3. The van der Waals surface area contributed by atoms with E-state index in [4.69, 9.17) is 5.73 Å². The molecule has 1 aliphatic carbocycles. The fraction of sp³-hybridized carbons (Fsp3) is 0.500. The summed E-state index contributed by atoms with van der Waals surface area (Å²) in [5.74, 6) is 0. The quantitative estimate of drug-likeness (QED) is 0.839. The van der Waals surface area contributed by atoms with Gasteiger partial charge in [-0.15, -0.1) is 0 Å². The van der Waals surface area contributed by atoms with Gasteiger partial charge in [-0.25, -0.2) is 0 Å². The van der Waals surface area contributed by atoms with Crippen LogP contribution in [0.25, 0.3) is 10.8 Å². The largest absolute Gasteiger partial charge is 0.398 e. The summed E-state index contributed by atoms with van der Waals surface area (Å²) in [5, 5.41) is 2.26. The summed E-state index contributed by atoms with van der Waals surface area (Å²) in [6, 6.07) is 6.85. The average Bonchev–Trinajstić information content (AvgIpc) is 2.47. The van der Waals surface area contributed by atoms with Crippen LogP contribution in [0, 0.1) is 5.41 Å². The third-order valence-corrected chi connectivity index (χ3v) is 5.07. The lowest BCUT2D eigenvalue weighted by atomic mass is 9.75. The van der Waals surface area contributed by atoms with Crippen molar-refractivity contribution in [2.75, 3.05) is 17.7 Å². The molecule has 1 saturated carbocycles. The highest BCUT2D eigenvalue weighted by atomic mass is 15.1. The molecule has 2 aromatic rings. The van der Waals surface area contributed by atoms with Crippen LogP contribution in [-0.2, 0) is 0 Å². The third kappa shape index (κ3) is 2.69. The predicted octanol–water partition coefficient (Wildman–Crippen LogP) is 4.22. The molecule has 0 radical (unpaired) electrons. The van der Waals surface area contributed by atoms with Gasteiger partial charge in [0.05, 0.1) is 0 Å². The van der Waals surface area contributed by atoms with Crippen molar-refractivity contribution in [2.24, 2.45) is 5.41 Å². The Balaban J connectivity index is 1.92. The number of aromatic nitrogens is 1. The van der Waals surface area contributed by atoms with Gasteiger partial charge in [0, 0.05) is 47.6 Å². The number of nitrogen functional groups attached to an aromatic ring is 1. The number of nitrogens with two attached hydrogens (primary N) is 1. The number of hydrogen-bond acceptors (Lipinski definition) is 3. The van der Waals surface area contributed by atoms with Crippen molar-refractivity contribution in [3.63, 3.8) is 0 Å². The number of nitrogens with zero attached hydrogens (tertiary/aromatic N) is 2. The first-order valence-electron chi connectivity index (χ1n) is 7.83. The minimum absolute atomic E-state index is 0.504. The molecule has 112 valence electrons. The van der Waals surface area contributed by atoms with Crippen molar-refractivity contribution < 1.29 is 0 Å². The van der Waals surface area contributed by atoms with Gasteiger partial charge in [-0.05, 0) is 49.3 Å². The molecular formula is C18H25N3.